The minimum Gasteiger partial charge on any atom is -0.443 e. The Balaban J connectivity index is 1.58. The predicted octanol–water partition coefficient (Wildman–Crippen LogP) is 7.61. The molecule has 10 nitrogen and oxygen atoms in total. The smallest absolute Gasteiger partial charge is 0.416 e. The number of carbonyl (C=O) groups excluding carboxylic acids is 2. The van der Waals surface area contributed by atoms with E-state index in [4.69, 9.17) is 9.47 Å². The molecule has 0 fully saturated rings. The summed E-state index contributed by atoms with van der Waals surface area (Å²) in [5, 5.41) is 2.96. The van der Waals surface area contributed by atoms with Crippen LogP contribution in [0.4, 0.5) is 25.1 Å². The molecule has 46 heavy (non-hydrogen) atoms. The SMILES string of the molecule is C=C(F)C(=O)Nc1ccc(-c2c3c4c(ncnc4n2C)N(C(=O)OC(C)(C)C)Cc2c-3ccc(Oc3cccc(C)n3)c2F)cc1. The van der Waals surface area contributed by atoms with Gasteiger partial charge in [0.25, 0.3) is 5.91 Å². The molecule has 6 rings (SSSR count). The molecule has 0 saturated heterocycles. The number of pyridine rings is 1. The predicted molar refractivity (Wildman–Crippen MR) is 170 cm³/mol. The summed E-state index contributed by atoms with van der Waals surface area (Å²) in [5.41, 5.74) is 3.29. The monoisotopic (exact) mass is 624 g/mol. The van der Waals surface area contributed by atoms with Crippen LogP contribution in [-0.4, -0.2) is 37.1 Å². The number of ether oxygens (including phenoxy) is 2. The second-order valence-corrected chi connectivity index (χ2v) is 11.8. The van der Waals surface area contributed by atoms with Crippen LogP contribution in [-0.2, 0) is 23.1 Å². The number of hydrogen-bond acceptors (Lipinski definition) is 7. The summed E-state index contributed by atoms with van der Waals surface area (Å²) in [6.45, 7) is 9.85. The van der Waals surface area contributed by atoms with Gasteiger partial charge in [-0.15, -0.1) is 0 Å². The highest BCUT2D eigenvalue weighted by molar-refractivity contribution is 6.12. The van der Waals surface area contributed by atoms with Crippen molar-refractivity contribution in [2.75, 3.05) is 10.2 Å². The van der Waals surface area contributed by atoms with E-state index in [2.05, 4.69) is 26.8 Å². The molecule has 0 saturated carbocycles. The normalized spacial score (nSPS) is 12.4. The van der Waals surface area contributed by atoms with Gasteiger partial charge < -0.3 is 19.4 Å². The van der Waals surface area contributed by atoms with E-state index in [0.29, 0.717) is 44.8 Å². The highest BCUT2D eigenvalue weighted by Crippen LogP contribution is 2.48. The van der Waals surface area contributed by atoms with Crippen molar-refractivity contribution in [1.82, 2.24) is 19.5 Å². The molecular formula is C34H30F2N6O4. The first-order valence-corrected chi connectivity index (χ1v) is 14.4. The fraction of sp³-hybridized carbons (Fsp3) is 0.206. The van der Waals surface area contributed by atoms with E-state index in [-0.39, 0.29) is 29.6 Å². The first kappa shape index (κ1) is 30.4. The molecule has 12 heteroatoms. The molecule has 2 amide bonds. The summed E-state index contributed by atoms with van der Waals surface area (Å²) in [5.74, 6) is -2.34. The fourth-order valence-corrected chi connectivity index (χ4v) is 5.41. The van der Waals surface area contributed by atoms with E-state index < -0.39 is 29.2 Å². The Kier molecular flexibility index (Phi) is 7.51. The first-order valence-electron chi connectivity index (χ1n) is 14.4. The summed E-state index contributed by atoms with van der Waals surface area (Å²) < 4.78 is 43.4. The summed E-state index contributed by atoms with van der Waals surface area (Å²) in [6.07, 6.45) is 0.632. The van der Waals surface area contributed by atoms with E-state index in [0.717, 1.165) is 0 Å². The molecule has 2 aromatic carbocycles. The highest BCUT2D eigenvalue weighted by atomic mass is 19.1. The Morgan fingerprint density at radius 1 is 1.04 bits per heavy atom. The molecule has 0 atom stereocenters. The van der Waals surface area contributed by atoms with Crippen LogP contribution in [0, 0.1) is 12.7 Å². The minimum absolute atomic E-state index is 0.0682. The van der Waals surface area contributed by atoms with Crippen LogP contribution in [0.5, 0.6) is 11.6 Å². The molecule has 1 N–H and O–H groups in total. The molecule has 1 aliphatic heterocycles. The van der Waals surface area contributed by atoms with Gasteiger partial charge in [0, 0.05) is 35.6 Å². The number of aromatic nitrogens is 4. The van der Waals surface area contributed by atoms with Crippen molar-refractivity contribution in [2.24, 2.45) is 7.05 Å². The van der Waals surface area contributed by atoms with E-state index in [9.17, 15) is 14.0 Å². The van der Waals surface area contributed by atoms with Crippen molar-refractivity contribution in [3.05, 3.63) is 90.4 Å². The Labute approximate surface area is 263 Å². The van der Waals surface area contributed by atoms with Gasteiger partial charge in [0.1, 0.15) is 17.6 Å². The second kappa shape index (κ2) is 11.4. The van der Waals surface area contributed by atoms with Crippen LogP contribution in [0.3, 0.4) is 0 Å². The van der Waals surface area contributed by atoms with Gasteiger partial charge in [0.2, 0.25) is 5.88 Å². The standard InChI is InChI=1S/C34H30F2N6O4/c1-18-8-7-9-25(39-18)45-24-15-14-22-23(28(24)36)16-42(33(44)46-34(3,4)5)31-27-26(22)29(41(6)30(27)37-17-38-31)20-10-12-21(13-11-20)40-32(43)19(2)35/h7-15,17H,2,16H2,1,3-6H3,(H,40,43). The van der Waals surface area contributed by atoms with Gasteiger partial charge in [-0.1, -0.05) is 30.8 Å². The first-order chi connectivity index (χ1) is 21.8. The van der Waals surface area contributed by atoms with Crippen molar-refractivity contribution in [2.45, 2.75) is 39.8 Å². The number of fused-ring (bicyclic) bond motifs is 2. The van der Waals surface area contributed by atoms with Crippen molar-refractivity contribution in [1.29, 1.82) is 0 Å². The maximum atomic E-state index is 16.6. The third-order valence-electron chi connectivity index (χ3n) is 7.35. The average molecular weight is 625 g/mol. The zero-order valence-electron chi connectivity index (χ0n) is 25.8. The number of nitrogens with one attached hydrogen (secondary N) is 1. The third-order valence-corrected chi connectivity index (χ3v) is 7.35. The van der Waals surface area contributed by atoms with Crippen LogP contribution < -0.4 is 15.0 Å². The molecule has 0 bridgehead atoms. The van der Waals surface area contributed by atoms with Gasteiger partial charge in [0.05, 0.1) is 17.6 Å². The number of benzene rings is 2. The molecule has 0 spiro atoms. The molecule has 234 valence electrons. The van der Waals surface area contributed by atoms with Gasteiger partial charge >= 0.3 is 6.09 Å². The number of anilines is 2. The fourth-order valence-electron chi connectivity index (χ4n) is 5.41. The number of rotatable bonds is 5. The number of nitrogens with zero attached hydrogens (tertiary/aromatic N) is 5. The lowest BCUT2D eigenvalue weighted by molar-refractivity contribution is -0.114. The van der Waals surface area contributed by atoms with Crippen molar-refractivity contribution < 1.29 is 27.8 Å². The molecule has 5 aromatic rings. The maximum Gasteiger partial charge on any atom is 0.416 e. The Hall–Kier alpha value is -5.65. The summed E-state index contributed by atoms with van der Waals surface area (Å²) in [6, 6.07) is 15.2. The van der Waals surface area contributed by atoms with Crippen LogP contribution >= 0.6 is 0 Å². The summed E-state index contributed by atoms with van der Waals surface area (Å²) in [4.78, 5) is 40.2. The van der Waals surface area contributed by atoms with Crippen LogP contribution in [0.1, 0.15) is 32.0 Å². The van der Waals surface area contributed by atoms with E-state index >= 15 is 4.39 Å². The Bertz CT molecular complexity index is 2050. The second-order valence-electron chi connectivity index (χ2n) is 11.8. The number of amides is 2. The lowest BCUT2D eigenvalue weighted by Crippen LogP contribution is -2.37. The van der Waals surface area contributed by atoms with Crippen LogP contribution in [0.15, 0.2) is 73.3 Å². The molecule has 0 radical (unpaired) electrons. The maximum absolute atomic E-state index is 16.6. The number of halogens is 2. The van der Waals surface area contributed by atoms with E-state index in [1.165, 1.54) is 17.3 Å². The number of hydrogen-bond donors (Lipinski definition) is 1. The van der Waals surface area contributed by atoms with Crippen molar-refractivity contribution >= 4 is 34.5 Å². The third kappa shape index (κ3) is 5.53. The Morgan fingerprint density at radius 2 is 1.78 bits per heavy atom. The zero-order valence-corrected chi connectivity index (χ0v) is 25.8. The molecular weight excluding hydrogens is 594 g/mol. The van der Waals surface area contributed by atoms with Crippen LogP contribution in [0.2, 0.25) is 0 Å². The molecule has 0 unspecified atom stereocenters. The summed E-state index contributed by atoms with van der Waals surface area (Å²) >= 11 is 0. The molecule has 1 aliphatic rings. The van der Waals surface area contributed by atoms with Crippen molar-refractivity contribution in [3.63, 3.8) is 0 Å². The highest BCUT2D eigenvalue weighted by Gasteiger charge is 2.36. The van der Waals surface area contributed by atoms with Crippen LogP contribution in [0.25, 0.3) is 33.4 Å². The number of aryl methyl sites for hydroxylation is 2. The van der Waals surface area contributed by atoms with Gasteiger partial charge in [-0.25, -0.2) is 28.5 Å². The molecule has 3 aromatic heterocycles. The zero-order chi connectivity index (χ0) is 32.9. The van der Waals surface area contributed by atoms with Crippen molar-refractivity contribution in [3.8, 4) is 34.0 Å². The molecule has 0 aliphatic carbocycles. The van der Waals surface area contributed by atoms with Gasteiger partial charge in [0.15, 0.2) is 23.2 Å². The Morgan fingerprint density at radius 3 is 2.46 bits per heavy atom. The van der Waals surface area contributed by atoms with E-state index in [1.54, 1.807) is 83.3 Å². The molecule has 4 heterocycles. The van der Waals surface area contributed by atoms with Gasteiger partial charge in [-0.05, 0) is 63.1 Å². The average Bonchev–Trinajstić information content (AvgIpc) is 3.19. The van der Waals surface area contributed by atoms with Gasteiger partial charge in [-0.3, -0.25) is 9.69 Å². The van der Waals surface area contributed by atoms with E-state index in [1.807, 2.05) is 4.57 Å². The quantitative estimate of drug-likeness (QED) is 0.200. The minimum atomic E-state index is -1.11. The summed E-state index contributed by atoms with van der Waals surface area (Å²) in [7, 11) is 1.80. The van der Waals surface area contributed by atoms with Gasteiger partial charge in [-0.2, -0.15) is 0 Å². The topological polar surface area (TPSA) is 111 Å². The lowest BCUT2D eigenvalue weighted by atomic mass is 9.95. The number of carbonyl (C=O) groups is 2. The lowest BCUT2D eigenvalue weighted by Gasteiger charge is -2.27. The largest absolute Gasteiger partial charge is 0.443 e.